The zero-order chi connectivity index (χ0) is 16.8. The first-order valence-electron chi connectivity index (χ1n) is 8.39. The van der Waals surface area contributed by atoms with Crippen LogP contribution in [0.25, 0.3) is 0 Å². The van der Waals surface area contributed by atoms with Crippen molar-refractivity contribution in [1.82, 2.24) is 10.3 Å². The molecule has 1 atom stereocenters. The number of nitrogens with zero attached hydrogens (tertiary/aromatic N) is 2. The van der Waals surface area contributed by atoms with E-state index >= 15 is 0 Å². The molecule has 0 spiro atoms. The van der Waals surface area contributed by atoms with Crippen LogP contribution in [0.4, 0.5) is 5.69 Å². The van der Waals surface area contributed by atoms with Crippen LogP contribution in [0.3, 0.4) is 0 Å². The van der Waals surface area contributed by atoms with E-state index in [9.17, 15) is 4.79 Å². The highest BCUT2D eigenvalue weighted by Crippen LogP contribution is 2.24. The summed E-state index contributed by atoms with van der Waals surface area (Å²) < 4.78 is 0. The SMILES string of the molecule is CC(NC(=O)CSc1ccncc1)c1cccc(N2CCCC2)c1. The molecule has 24 heavy (non-hydrogen) atoms. The lowest BCUT2D eigenvalue weighted by Crippen LogP contribution is -2.28. The van der Waals surface area contributed by atoms with E-state index in [2.05, 4.69) is 39.5 Å². The van der Waals surface area contributed by atoms with Crippen molar-refractivity contribution in [3.8, 4) is 0 Å². The van der Waals surface area contributed by atoms with E-state index in [1.165, 1.54) is 30.3 Å². The maximum absolute atomic E-state index is 12.2. The summed E-state index contributed by atoms with van der Waals surface area (Å²) >= 11 is 1.53. The van der Waals surface area contributed by atoms with Crippen molar-refractivity contribution in [3.63, 3.8) is 0 Å². The number of pyridine rings is 1. The third-order valence-corrected chi connectivity index (χ3v) is 5.25. The van der Waals surface area contributed by atoms with E-state index in [0.717, 1.165) is 23.5 Å². The van der Waals surface area contributed by atoms with Crippen molar-refractivity contribution >= 4 is 23.4 Å². The second-order valence-corrected chi connectivity index (χ2v) is 7.10. The number of nitrogens with one attached hydrogen (secondary N) is 1. The number of aromatic nitrogens is 1. The molecule has 0 bridgehead atoms. The number of thioether (sulfide) groups is 1. The number of carbonyl (C=O) groups excluding carboxylic acids is 1. The van der Waals surface area contributed by atoms with Crippen LogP contribution in [0.15, 0.2) is 53.7 Å². The molecular weight excluding hydrogens is 318 g/mol. The molecule has 0 radical (unpaired) electrons. The Morgan fingerprint density at radius 1 is 1.25 bits per heavy atom. The molecule has 0 saturated carbocycles. The zero-order valence-electron chi connectivity index (χ0n) is 13.9. The van der Waals surface area contributed by atoms with E-state index in [1.807, 2.05) is 19.1 Å². The monoisotopic (exact) mass is 341 g/mol. The average molecular weight is 341 g/mol. The topological polar surface area (TPSA) is 45.2 Å². The van der Waals surface area contributed by atoms with Crippen molar-refractivity contribution in [3.05, 3.63) is 54.4 Å². The van der Waals surface area contributed by atoms with Crippen molar-refractivity contribution < 1.29 is 4.79 Å². The first kappa shape index (κ1) is 16.8. The van der Waals surface area contributed by atoms with Crippen LogP contribution in [-0.2, 0) is 4.79 Å². The summed E-state index contributed by atoms with van der Waals surface area (Å²) in [6.45, 7) is 4.30. The van der Waals surface area contributed by atoms with Gasteiger partial charge in [-0.25, -0.2) is 0 Å². The Morgan fingerprint density at radius 2 is 2.00 bits per heavy atom. The molecular formula is C19H23N3OS. The van der Waals surface area contributed by atoms with Crippen molar-refractivity contribution in [1.29, 1.82) is 0 Å². The minimum absolute atomic E-state index is 0.0121. The Morgan fingerprint density at radius 3 is 2.75 bits per heavy atom. The highest BCUT2D eigenvalue weighted by Gasteiger charge is 2.15. The molecule has 1 fully saturated rings. The third-order valence-electron chi connectivity index (χ3n) is 4.24. The summed E-state index contributed by atoms with van der Waals surface area (Å²) in [5.41, 5.74) is 2.42. The van der Waals surface area contributed by atoms with Gasteiger partial charge in [0.15, 0.2) is 0 Å². The Kier molecular flexibility index (Phi) is 5.75. The van der Waals surface area contributed by atoms with Crippen LogP contribution in [0.1, 0.15) is 31.4 Å². The largest absolute Gasteiger partial charge is 0.372 e. The lowest BCUT2D eigenvalue weighted by molar-refractivity contribution is -0.119. The Hall–Kier alpha value is -2.01. The molecule has 3 rings (SSSR count). The van der Waals surface area contributed by atoms with Gasteiger partial charge in [-0.3, -0.25) is 9.78 Å². The quantitative estimate of drug-likeness (QED) is 0.815. The molecule has 1 amide bonds. The predicted octanol–water partition coefficient (Wildman–Crippen LogP) is 3.65. The van der Waals surface area contributed by atoms with Crippen LogP contribution in [0.2, 0.25) is 0 Å². The van der Waals surface area contributed by atoms with Crippen LogP contribution >= 0.6 is 11.8 Å². The van der Waals surface area contributed by atoms with Gasteiger partial charge >= 0.3 is 0 Å². The summed E-state index contributed by atoms with van der Waals surface area (Å²) in [6.07, 6.45) is 6.02. The normalized spacial score (nSPS) is 15.3. The molecule has 126 valence electrons. The smallest absolute Gasteiger partial charge is 0.230 e. The van der Waals surface area contributed by atoms with Gasteiger partial charge in [0.05, 0.1) is 11.8 Å². The number of amides is 1. The minimum Gasteiger partial charge on any atom is -0.372 e. The molecule has 1 aliphatic heterocycles. The van der Waals surface area contributed by atoms with Crippen molar-refractivity contribution in [2.24, 2.45) is 0 Å². The Labute approximate surface area is 147 Å². The first-order chi connectivity index (χ1) is 11.7. The second kappa shape index (κ2) is 8.20. The van der Waals surface area contributed by atoms with Gasteiger partial charge in [0.1, 0.15) is 0 Å². The standard InChI is InChI=1S/C19H23N3OS/c1-15(21-19(23)14-24-18-7-9-20-10-8-18)16-5-4-6-17(13-16)22-11-2-3-12-22/h4-10,13,15H,2-3,11-12,14H2,1H3,(H,21,23). The fraction of sp³-hybridized carbons (Fsp3) is 0.368. The lowest BCUT2D eigenvalue weighted by Gasteiger charge is -2.20. The third kappa shape index (κ3) is 4.51. The second-order valence-electron chi connectivity index (χ2n) is 6.05. The molecule has 1 aliphatic rings. The number of carbonyl (C=O) groups is 1. The van der Waals surface area contributed by atoms with Gasteiger partial charge in [-0.15, -0.1) is 11.8 Å². The van der Waals surface area contributed by atoms with Crippen molar-refractivity contribution in [2.75, 3.05) is 23.7 Å². The van der Waals surface area contributed by atoms with Crippen molar-refractivity contribution in [2.45, 2.75) is 30.7 Å². The van der Waals surface area contributed by atoms with E-state index in [4.69, 9.17) is 0 Å². The molecule has 1 aromatic heterocycles. The maximum Gasteiger partial charge on any atom is 0.230 e. The van der Waals surface area contributed by atoms with Crippen LogP contribution in [-0.4, -0.2) is 29.7 Å². The number of hydrogen-bond acceptors (Lipinski definition) is 4. The molecule has 1 unspecified atom stereocenters. The average Bonchev–Trinajstić information content (AvgIpc) is 3.16. The zero-order valence-corrected chi connectivity index (χ0v) is 14.8. The molecule has 0 aliphatic carbocycles. The fourth-order valence-electron chi connectivity index (χ4n) is 2.92. The summed E-state index contributed by atoms with van der Waals surface area (Å²) in [4.78, 5) is 19.6. The van der Waals surface area contributed by atoms with Crippen LogP contribution in [0, 0.1) is 0 Å². The minimum atomic E-state index is 0.0121. The number of hydrogen-bond donors (Lipinski definition) is 1. The molecule has 2 aromatic rings. The predicted molar refractivity (Wildman–Crippen MR) is 99.4 cm³/mol. The number of rotatable bonds is 6. The van der Waals surface area contributed by atoms with Gasteiger partial charge < -0.3 is 10.2 Å². The highest BCUT2D eigenvalue weighted by atomic mass is 32.2. The molecule has 1 saturated heterocycles. The van der Waals surface area contributed by atoms with Gasteiger partial charge in [0, 0.05) is 36.1 Å². The first-order valence-corrected chi connectivity index (χ1v) is 9.38. The number of benzene rings is 1. The summed E-state index contributed by atoms with van der Waals surface area (Å²) in [5.74, 6) is 0.469. The van der Waals surface area contributed by atoms with Gasteiger partial charge in [0.2, 0.25) is 5.91 Å². The van der Waals surface area contributed by atoms with Gasteiger partial charge in [0.25, 0.3) is 0 Å². The summed E-state index contributed by atoms with van der Waals surface area (Å²) in [6, 6.07) is 12.4. The highest BCUT2D eigenvalue weighted by molar-refractivity contribution is 8.00. The summed E-state index contributed by atoms with van der Waals surface area (Å²) in [5, 5.41) is 3.09. The number of anilines is 1. The van der Waals surface area contributed by atoms with E-state index in [1.54, 1.807) is 12.4 Å². The lowest BCUT2D eigenvalue weighted by atomic mass is 10.1. The molecule has 1 aromatic carbocycles. The maximum atomic E-state index is 12.2. The van der Waals surface area contributed by atoms with E-state index in [0.29, 0.717) is 5.75 Å². The summed E-state index contributed by atoms with van der Waals surface area (Å²) in [7, 11) is 0. The van der Waals surface area contributed by atoms with Crippen LogP contribution in [0.5, 0.6) is 0 Å². The molecule has 4 nitrogen and oxygen atoms in total. The van der Waals surface area contributed by atoms with Gasteiger partial charge in [-0.05, 0) is 49.6 Å². The van der Waals surface area contributed by atoms with Crippen LogP contribution < -0.4 is 10.2 Å². The fourth-order valence-corrected chi connectivity index (χ4v) is 3.61. The van der Waals surface area contributed by atoms with Gasteiger partial charge in [-0.2, -0.15) is 0 Å². The van der Waals surface area contributed by atoms with E-state index in [-0.39, 0.29) is 11.9 Å². The Balaban J connectivity index is 1.55. The molecule has 5 heteroatoms. The molecule has 2 heterocycles. The van der Waals surface area contributed by atoms with E-state index < -0.39 is 0 Å². The van der Waals surface area contributed by atoms with Gasteiger partial charge in [-0.1, -0.05) is 12.1 Å². The Bertz CT molecular complexity index is 671. The molecule has 1 N–H and O–H groups in total.